The molecule has 0 aliphatic carbocycles. The van der Waals surface area contributed by atoms with Crippen LogP contribution in [0.4, 0.5) is 0 Å². The first-order valence-electron chi connectivity index (χ1n) is 9.15. The van der Waals surface area contributed by atoms with Gasteiger partial charge in [-0.25, -0.2) is 9.78 Å². The van der Waals surface area contributed by atoms with Gasteiger partial charge in [-0.2, -0.15) is 0 Å². The van der Waals surface area contributed by atoms with E-state index in [0.29, 0.717) is 16.5 Å². The number of halogens is 1. The molecule has 7 nitrogen and oxygen atoms in total. The minimum Gasteiger partial charge on any atom is -0.476 e. The number of hydrogen-bond donors (Lipinski definition) is 2. The second kappa shape index (κ2) is 8.59. The standard InChI is InChI=1S/C20H20ClNO6S/c1-10-16(23)20(29-14-7-12(21)8-22-15(14)18(24)25)27-13-9-26-19(28-17(10)13)11-5-3-2-4-6-11/h2-8,10,13,16-17,19-20,23H,9H2,1H3,(H,24,25)/t10?,13?,16?,17-,19?,20-/m1/s1. The van der Waals surface area contributed by atoms with Gasteiger partial charge in [0.2, 0.25) is 0 Å². The number of nitrogens with zero attached hydrogens (tertiary/aromatic N) is 1. The molecule has 1 aromatic carbocycles. The first kappa shape index (κ1) is 20.6. The Morgan fingerprint density at radius 2 is 2.03 bits per heavy atom. The van der Waals surface area contributed by atoms with Crippen molar-refractivity contribution in [3.63, 3.8) is 0 Å². The van der Waals surface area contributed by atoms with Crippen molar-refractivity contribution < 1.29 is 29.2 Å². The lowest BCUT2D eigenvalue weighted by Gasteiger charge is -2.47. The van der Waals surface area contributed by atoms with Gasteiger partial charge in [0, 0.05) is 22.6 Å². The van der Waals surface area contributed by atoms with Crippen molar-refractivity contribution in [3.05, 3.63) is 58.9 Å². The van der Waals surface area contributed by atoms with Gasteiger partial charge in [-0.05, 0) is 6.07 Å². The van der Waals surface area contributed by atoms with Crippen molar-refractivity contribution in [3.8, 4) is 0 Å². The Morgan fingerprint density at radius 3 is 2.76 bits per heavy atom. The maximum atomic E-state index is 11.5. The van der Waals surface area contributed by atoms with Crippen molar-refractivity contribution >= 4 is 29.3 Å². The number of aromatic carboxylic acids is 1. The van der Waals surface area contributed by atoms with E-state index in [0.717, 1.165) is 17.3 Å². The summed E-state index contributed by atoms with van der Waals surface area (Å²) in [5.41, 5.74) is 0.0654. The molecule has 2 aromatic rings. The molecular weight excluding hydrogens is 418 g/mol. The van der Waals surface area contributed by atoms with Gasteiger partial charge in [-0.15, -0.1) is 0 Å². The monoisotopic (exact) mass is 437 g/mol. The van der Waals surface area contributed by atoms with E-state index in [-0.39, 0.29) is 23.8 Å². The predicted molar refractivity (Wildman–Crippen MR) is 106 cm³/mol. The van der Waals surface area contributed by atoms with E-state index in [1.165, 1.54) is 12.3 Å². The average Bonchev–Trinajstić information content (AvgIpc) is 2.72. The Kier molecular flexibility index (Phi) is 6.10. The summed E-state index contributed by atoms with van der Waals surface area (Å²) < 4.78 is 18.0. The van der Waals surface area contributed by atoms with Gasteiger partial charge in [0.1, 0.15) is 11.5 Å². The third kappa shape index (κ3) is 4.28. The van der Waals surface area contributed by atoms with Crippen molar-refractivity contribution in [2.24, 2.45) is 5.92 Å². The number of aliphatic hydroxyl groups is 1. The molecule has 2 saturated heterocycles. The lowest BCUT2D eigenvalue weighted by molar-refractivity contribution is -0.307. The quantitative estimate of drug-likeness (QED) is 0.751. The highest BCUT2D eigenvalue weighted by molar-refractivity contribution is 8.00. The zero-order valence-corrected chi connectivity index (χ0v) is 17.0. The van der Waals surface area contributed by atoms with Gasteiger partial charge in [-0.1, -0.05) is 60.6 Å². The van der Waals surface area contributed by atoms with Crippen LogP contribution in [0.1, 0.15) is 29.3 Å². The highest BCUT2D eigenvalue weighted by atomic mass is 35.5. The zero-order valence-electron chi connectivity index (χ0n) is 15.5. The summed E-state index contributed by atoms with van der Waals surface area (Å²) in [6, 6.07) is 11.1. The number of carbonyl (C=O) groups is 1. The Balaban J connectivity index is 1.50. The smallest absolute Gasteiger partial charge is 0.355 e. The second-order valence-electron chi connectivity index (χ2n) is 6.99. The molecule has 29 heavy (non-hydrogen) atoms. The van der Waals surface area contributed by atoms with Gasteiger partial charge in [0.05, 0.1) is 23.8 Å². The molecule has 2 fully saturated rings. The number of thioether (sulfide) groups is 1. The fraction of sp³-hybridized carbons (Fsp3) is 0.400. The maximum Gasteiger partial charge on any atom is 0.355 e. The van der Waals surface area contributed by atoms with Crippen LogP contribution in [-0.2, 0) is 14.2 Å². The number of rotatable bonds is 4. The molecule has 2 aliphatic heterocycles. The molecule has 0 saturated carbocycles. The van der Waals surface area contributed by atoms with Crippen LogP contribution in [0.25, 0.3) is 0 Å². The summed E-state index contributed by atoms with van der Waals surface area (Å²) in [5.74, 6) is -1.42. The summed E-state index contributed by atoms with van der Waals surface area (Å²) in [4.78, 5) is 15.7. The minimum atomic E-state index is -1.17. The minimum absolute atomic E-state index is 0.134. The Hall–Kier alpha value is -1.68. The van der Waals surface area contributed by atoms with Crippen LogP contribution in [0.3, 0.4) is 0 Å². The zero-order chi connectivity index (χ0) is 20.5. The molecule has 0 spiro atoms. The molecule has 3 heterocycles. The first-order chi connectivity index (χ1) is 13.9. The number of aromatic nitrogens is 1. The molecule has 0 bridgehead atoms. The molecule has 4 rings (SSSR count). The lowest BCUT2D eigenvalue weighted by Crippen LogP contribution is -2.57. The van der Waals surface area contributed by atoms with Crippen LogP contribution in [0, 0.1) is 5.92 Å². The van der Waals surface area contributed by atoms with Crippen molar-refractivity contribution in [1.29, 1.82) is 0 Å². The number of fused-ring (bicyclic) bond motifs is 1. The van der Waals surface area contributed by atoms with Crippen LogP contribution in [0.15, 0.2) is 47.5 Å². The van der Waals surface area contributed by atoms with Crippen LogP contribution in [0.5, 0.6) is 0 Å². The molecule has 0 amide bonds. The molecule has 2 aliphatic rings. The van der Waals surface area contributed by atoms with Crippen LogP contribution < -0.4 is 0 Å². The molecular formula is C20H20ClNO6S. The Labute approximate surface area is 176 Å². The summed E-state index contributed by atoms with van der Waals surface area (Å²) in [7, 11) is 0. The molecule has 154 valence electrons. The van der Waals surface area contributed by atoms with E-state index in [1.807, 2.05) is 37.3 Å². The summed E-state index contributed by atoms with van der Waals surface area (Å²) in [6.07, 6.45) is -0.853. The highest BCUT2D eigenvalue weighted by Crippen LogP contribution is 2.42. The van der Waals surface area contributed by atoms with Crippen LogP contribution >= 0.6 is 23.4 Å². The van der Waals surface area contributed by atoms with Crippen molar-refractivity contribution in [1.82, 2.24) is 4.98 Å². The molecule has 1 aromatic heterocycles. The average molecular weight is 438 g/mol. The number of ether oxygens (including phenoxy) is 3. The highest BCUT2D eigenvalue weighted by Gasteiger charge is 2.47. The van der Waals surface area contributed by atoms with Gasteiger partial charge >= 0.3 is 5.97 Å². The Bertz CT molecular complexity index is 883. The summed E-state index contributed by atoms with van der Waals surface area (Å²) >= 11 is 7.06. The molecule has 0 radical (unpaired) electrons. The van der Waals surface area contributed by atoms with E-state index in [1.54, 1.807) is 0 Å². The van der Waals surface area contributed by atoms with Crippen LogP contribution in [0.2, 0.25) is 5.02 Å². The molecule has 6 atom stereocenters. The van der Waals surface area contributed by atoms with E-state index in [9.17, 15) is 15.0 Å². The number of carboxylic acid groups (broad SMARTS) is 1. The van der Waals surface area contributed by atoms with E-state index < -0.39 is 23.8 Å². The van der Waals surface area contributed by atoms with E-state index in [4.69, 9.17) is 25.8 Å². The normalized spacial score (nSPS) is 31.8. The topological polar surface area (TPSA) is 98.1 Å². The van der Waals surface area contributed by atoms with Gasteiger partial charge in [0.15, 0.2) is 12.0 Å². The lowest BCUT2D eigenvalue weighted by atomic mass is 9.91. The maximum absolute atomic E-state index is 11.5. The summed E-state index contributed by atoms with van der Waals surface area (Å²) in [5, 5.41) is 20.5. The Morgan fingerprint density at radius 1 is 1.28 bits per heavy atom. The molecule has 9 heteroatoms. The largest absolute Gasteiger partial charge is 0.476 e. The molecule has 2 N–H and O–H groups in total. The summed E-state index contributed by atoms with van der Waals surface area (Å²) in [6.45, 7) is 2.19. The van der Waals surface area contributed by atoms with Gasteiger partial charge in [0.25, 0.3) is 0 Å². The number of aliphatic hydroxyl groups excluding tert-OH is 1. The van der Waals surface area contributed by atoms with E-state index in [2.05, 4.69) is 4.98 Å². The number of pyridine rings is 1. The second-order valence-corrected chi connectivity index (χ2v) is 8.57. The van der Waals surface area contributed by atoms with E-state index >= 15 is 0 Å². The number of hydrogen-bond acceptors (Lipinski definition) is 7. The SMILES string of the molecule is CC1C(O)[C@@H](Sc2cc(Cl)cnc2C(=O)O)OC2COC(c3ccccc3)O[C@@H]21. The van der Waals surface area contributed by atoms with Crippen molar-refractivity contribution in [2.75, 3.05) is 6.61 Å². The molecule has 4 unspecified atom stereocenters. The van der Waals surface area contributed by atoms with Crippen LogP contribution in [-0.4, -0.2) is 51.5 Å². The first-order valence-corrected chi connectivity index (χ1v) is 10.4. The number of benzene rings is 1. The fourth-order valence-electron chi connectivity index (χ4n) is 3.50. The predicted octanol–water partition coefficient (Wildman–Crippen LogP) is 3.36. The van der Waals surface area contributed by atoms with Crippen molar-refractivity contribution in [2.45, 2.75) is 41.9 Å². The third-order valence-corrected chi connectivity index (χ3v) is 6.43. The fourth-order valence-corrected chi connectivity index (χ4v) is 5.00. The number of carboxylic acids is 1. The third-order valence-electron chi connectivity index (χ3n) is 5.04. The van der Waals surface area contributed by atoms with Gasteiger partial charge in [-0.3, -0.25) is 0 Å². The van der Waals surface area contributed by atoms with Gasteiger partial charge < -0.3 is 24.4 Å².